The lowest BCUT2D eigenvalue weighted by atomic mass is 10.0. The molecular weight excluding hydrogens is 412 g/mol. The Morgan fingerprint density at radius 1 is 0.353 bits per heavy atom. The Labute approximate surface area is 216 Å². The predicted molar refractivity (Wildman–Crippen MR) is 154 cm³/mol. The fourth-order valence-electron chi connectivity index (χ4n) is 5.30. The van der Waals surface area contributed by atoms with Gasteiger partial charge >= 0.3 is 0 Å². The minimum absolute atomic E-state index is 1.13. The summed E-state index contributed by atoms with van der Waals surface area (Å²) < 4.78 is 0. The molecule has 0 N–H and O–H groups in total. The Morgan fingerprint density at radius 2 is 0.588 bits per heavy atom. The molecule has 0 amide bonds. The molecule has 34 heavy (non-hydrogen) atoms. The molecule has 0 bridgehead atoms. The van der Waals surface area contributed by atoms with Crippen LogP contribution in [0.15, 0.2) is 12.4 Å². The van der Waals surface area contributed by atoms with Crippen molar-refractivity contribution in [2.45, 2.75) is 174 Å². The maximum atomic E-state index is 2.53. The number of rotatable bonds is 27. The zero-order chi connectivity index (χ0) is 24.4. The summed E-state index contributed by atoms with van der Waals surface area (Å²) in [7, 11) is 0. The van der Waals surface area contributed by atoms with Crippen molar-refractivity contribution in [2.24, 2.45) is 0 Å². The van der Waals surface area contributed by atoms with Gasteiger partial charge in [-0.15, -0.1) is 0 Å². The van der Waals surface area contributed by atoms with Crippen LogP contribution >= 0.6 is 0 Å². The molecule has 0 aromatic heterocycles. The molecule has 1 aliphatic rings. The van der Waals surface area contributed by atoms with E-state index in [1.54, 1.807) is 0 Å². The topological polar surface area (TPSA) is 6.48 Å². The van der Waals surface area contributed by atoms with Crippen molar-refractivity contribution in [3.63, 3.8) is 0 Å². The molecule has 0 unspecified atom stereocenters. The van der Waals surface area contributed by atoms with Crippen LogP contribution in [0.3, 0.4) is 0 Å². The molecule has 0 saturated carbocycles. The van der Waals surface area contributed by atoms with Gasteiger partial charge in [0.05, 0.1) is 6.67 Å². The first-order chi connectivity index (χ1) is 16.9. The largest absolute Gasteiger partial charge is 0.359 e. The van der Waals surface area contributed by atoms with E-state index in [4.69, 9.17) is 0 Å². The number of unbranched alkanes of at least 4 members (excludes halogenated alkanes) is 23. The quantitative estimate of drug-likeness (QED) is 0.109. The van der Waals surface area contributed by atoms with E-state index in [-0.39, 0.29) is 0 Å². The molecule has 0 atom stereocenters. The average Bonchev–Trinajstić information content (AvgIpc) is 3.30. The third-order valence-corrected chi connectivity index (χ3v) is 7.70. The highest BCUT2D eigenvalue weighted by molar-refractivity contribution is 4.90. The zero-order valence-corrected chi connectivity index (χ0v) is 23.8. The summed E-state index contributed by atoms with van der Waals surface area (Å²) in [6.07, 6.45) is 40.7. The van der Waals surface area contributed by atoms with Crippen LogP contribution in [-0.2, 0) is 0 Å². The molecule has 0 aromatic carbocycles. The summed E-state index contributed by atoms with van der Waals surface area (Å²) in [6, 6.07) is 0. The predicted octanol–water partition coefficient (Wildman–Crippen LogP) is 10.8. The zero-order valence-electron chi connectivity index (χ0n) is 23.8. The van der Waals surface area contributed by atoms with Crippen molar-refractivity contribution in [1.82, 2.24) is 9.80 Å². The van der Waals surface area contributed by atoms with E-state index in [0.717, 1.165) is 6.67 Å². The lowest BCUT2D eigenvalue weighted by Gasteiger charge is -2.21. The summed E-state index contributed by atoms with van der Waals surface area (Å²) in [5.74, 6) is 0. The van der Waals surface area contributed by atoms with Gasteiger partial charge in [-0.2, -0.15) is 0 Å². The third-order valence-electron chi connectivity index (χ3n) is 7.70. The van der Waals surface area contributed by atoms with E-state index in [2.05, 4.69) is 36.0 Å². The summed E-state index contributed by atoms with van der Waals surface area (Å²) in [5, 5.41) is 0. The van der Waals surface area contributed by atoms with Crippen molar-refractivity contribution in [2.75, 3.05) is 19.8 Å². The molecule has 0 fully saturated rings. The Balaban J connectivity index is 1.76. The summed E-state index contributed by atoms with van der Waals surface area (Å²) in [6.45, 7) is 8.25. The van der Waals surface area contributed by atoms with E-state index in [1.165, 1.54) is 174 Å². The van der Waals surface area contributed by atoms with E-state index < -0.39 is 0 Å². The molecule has 202 valence electrons. The molecule has 1 rings (SSSR count). The molecule has 1 heterocycles. The second-order valence-electron chi connectivity index (χ2n) is 11.2. The van der Waals surface area contributed by atoms with Crippen LogP contribution in [0, 0.1) is 0 Å². The van der Waals surface area contributed by atoms with Crippen LogP contribution in [0.1, 0.15) is 174 Å². The van der Waals surface area contributed by atoms with Crippen molar-refractivity contribution in [3.05, 3.63) is 12.4 Å². The summed E-state index contributed by atoms with van der Waals surface area (Å²) in [5.41, 5.74) is 0. The SMILES string of the molecule is CCCCCCCCCCCCCCCCCN1C=CN(CCCCCCCCCCCC)C1. The highest BCUT2D eigenvalue weighted by Gasteiger charge is 2.10. The van der Waals surface area contributed by atoms with Crippen LogP contribution in [0.2, 0.25) is 0 Å². The van der Waals surface area contributed by atoms with Gasteiger partial charge in [0.25, 0.3) is 0 Å². The van der Waals surface area contributed by atoms with Crippen molar-refractivity contribution >= 4 is 0 Å². The van der Waals surface area contributed by atoms with Gasteiger partial charge in [0.2, 0.25) is 0 Å². The molecular formula is C32H64N2. The molecule has 0 spiro atoms. The molecule has 0 aromatic rings. The number of nitrogens with zero attached hydrogens (tertiary/aromatic N) is 2. The molecule has 0 aliphatic carbocycles. The minimum atomic E-state index is 1.13. The fraction of sp³-hybridized carbons (Fsp3) is 0.938. The first kappa shape index (κ1) is 31.4. The first-order valence-electron chi connectivity index (χ1n) is 16.0. The van der Waals surface area contributed by atoms with Crippen molar-refractivity contribution < 1.29 is 0 Å². The normalized spacial score (nSPS) is 13.5. The van der Waals surface area contributed by atoms with Crippen molar-refractivity contribution in [3.8, 4) is 0 Å². The molecule has 2 heteroatoms. The van der Waals surface area contributed by atoms with E-state index in [9.17, 15) is 0 Å². The van der Waals surface area contributed by atoms with Gasteiger partial charge in [-0.05, 0) is 12.8 Å². The lowest BCUT2D eigenvalue weighted by molar-refractivity contribution is 0.257. The minimum Gasteiger partial charge on any atom is -0.359 e. The van der Waals surface area contributed by atoms with E-state index >= 15 is 0 Å². The standard InChI is InChI=1S/C32H64N2/c1-3-5-7-9-11-13-15-16-17-18-19-21-23-25-27-29-34-31-30-33(32-34)28-26-24-22-20-14-12-10-8-6-4-2/h30-31H,3-29,32H2,1-2H3. The van der Waals surface area contributed by atoms with E-state index in [1.807, 2.05) is 0 Å². The monoisotopic (exact) mass is 477 g/mol. The molecule has 0 saturated heterocycles. The highest BCUT2D eigenvalue weighted by atomic mass is 15.3. The Bertz CT molecular complexity index is 419. The molecule has 0 radical (unpaired) electrons. The van der Waals surface area contributed by atoms with Crippen LogP contribution in [-0.4, -0.2) is 29.6 Å². The maximum absolute atomic E-state index is 2.53. The Kier molecular flexibility index (Phi) is 23.5. The number of hydrogen-bond donors (Lipinski definition) is 0. The van der Waals surface area contributed by atoms with Gasteiger partial charge in [0.1, 0.15) is 0 Å². The Morgan fingerprint density at radius 3 is 0.853 bits per heavy atom. The van der Waals surface area contributed by atoms with Gasteiger partial charge in [0.15, 0.2) is 0 Å². The van der Waals surface area contributed by atoms with Gasteiger partial charge in [-0.3, -0.25) is 0 Å². The van der Waals surface area contributed by atoms with Crippen LogP contribution < -0.4 is 0 Å². The van der Waals surface area contributed by atoms with Crippen LogP contribution in [0.5, 0.6) is 0 Å². The van der Waals surface area contributed by atoms with Gasteiger partial charge in [0, 0.05) is 25.5 Å². The van der Waals surface area contributed by atoms with Gasteiger partial charge in [-0.25, -0.2) is 0 Å². The lowest BCUT2D eigenvalue weighted by Crippen LogP contribution is -2.26. The fourth-order valence-corrected chi connectivity index (χ4v) is 5.30. The summed E-state index contributed by atoms with van der Waals surface area (Å²) in [4.78, 5) is 5.05. The Hall–Kier alpha value is -0.660. The van der Waals surface area contributed by atoms with Crippen LogP contribution in [0.4, 0.5) is 0 Å². The maximum Gasteiger partial charge on any atom is 0.0893 e. The second kappa shape index (κ2) is 25.4. The molecule has 1 aliphatic heterocycles. The van der Waals surface area contributed by atoms with Gasteiger partial charge in [-0.1, -0.05) is 162 Å². The van der Waals surface area contributed by atoms with Gasteiger partial charge < -0.3 is 9.80 Å². The second-order valence-corrected chi connectivity index (χ2v) is 11.2. The first-order valence-corrected chi connectivity index (χ1v) is 16.0. The highest BCUT2D eigenvalue weighted by Crippen LogP contribution is 2.15. The number of hydrogen-bond acceptors (Lipinski definition) is 2. The third kappa shape index (κ3) is 20.7. The van der Waals surface area contributed by atoms with Crippen LogP contribution in [0.25, 0.3) is 0 Å². The molecule has 2 nitrogen and oxygen atoms in total. The smallest absolute Gasteiger partial charge is 0.0893 e. The van der Waals surface area contributed by atoms with E-state index in [0.29, 0.717) is 0 Å². The van der Waals surface area contributed by atoms with Crippen molar-refractivity contribution in [1.29, 1.82) is 0 Å². The summed E-state index contributed by atoms with van der Waals surface area (Å²) >= 11 is 0. The average molecular weight is 477 g/mol.